The van der Waals surface area contributed by atoms with Crippen molar-refractivity contribution in [2.75, 3.05) is 26.7 Å². The third kappa shape index (κ3) is 5.26. The van der Waals surface area contributed by atoms with Crippen molar-refractivity contribution < 1.29 is 9.59 Å². The van der Waals surface area contributed by atoms with Crippen molar-refractivity contribution in [1.29, 1.82) is 0 Å². The normalized spacial score (nSPS) is 27.8. The summed E-state index contributed by atoms with van der Waals surface area (Å²) in [6.45, 7) is 4.53. The quantitative estimate of drug-likeness (QED) is 0.244. The van der Waals surface area contributed by atoms with E-state index in [-0.39, 0.29) is 41.8 Å². The van der Waals surface area contributed by atoms with Crippen molar-refractivity contribution in [3.8, 4) is 0 Å². The maximum absolute atomic E-state index is 12.1. The third-order valence-corrected chi connectivity index (χ3v) is 6.46. The highest BCUT2D eigenvalue weighted by Gasteiger charge is 2.48. The topological polar surface area (TPSA) is 85.8 Å². The van der Waals surface area contributed by atoms with Crippen LogP contribution in [0.3, 0.4) is 0 Å². The molecule has 7 nitrogen and oxygen atoms in total. The lowest BCUT2D eigenvalue weighted by atomic mass is 9.79. The molecular weight excluding hydrogens is 457 g/mol. The molecule has 0 aromatic heterocycles. The van der Waals surface area contributed by atoms with Crippen LogP contribution in [-0.4, -0.2) is 55.0 Å². The summed E-state index contributed by atoms with van der Waals surface area (Å²) in [5, 5.41) is 8.71. The minimum absolute atomic E-state index is 0. The highest BCUT2D eigenvalue weighted by Crippen LogP contribution is 2.30. The van der Waals surface area contributed by atoms with E-state index in [9.17, 15) is 9.59 Å². The van der Waals surface area contributed by atoms with Crippen molar-refractivity contribution >= 4 is 41.9 Å². The lowest BCUT2D eigenvalue weighted by Gasteiger charge is -2.39. The van der Waals surface area contributed by atoms with Gasteiger partial charge < -0.3 is 15.5 Å². The summed E-state index contributed by atoms with van der Waals surface area (Å²) in [5.74, 6) is 1.79. The Morgan fingerprint density at radius 1 is 1.19 bits per heavy atom. The van der Waals surface area contributed by atoms with Crippen LogP contribution in [0.4, 0.5) is 4.79 Å². The molecule has 0 spiro atoms. The first-order valence-electron chi connectivity index (χ1n) is 10.1. The molecule has 3 fully saturated rings. The molecule has 3 aliphatic rings. The Hall–Kier alpha value is -1.06. The zero-order valence-corrected chi connectivity index (χ0v) is 18.9. The first-order chi connectivity index (χ1) is 12.5. The Bertz CT molecular complexity index is 556. The van der Waals surface area contributed by atoms with Crippen molar-refractivity contribution in [3.05, 3.63) is 0 Å². The number of rotatable bonds is 4. The zero-order valence-electron chi connectivity index (χ0n) is 16.6. The van der Waals surface area contributed by atoms with Crippen LogP contribution in [0.5, 0.6) is 0 Å². The van der Waals surface area contributed by atoms with Crippen LogP contribution in [0.1, 0.15) is 58.3 Å². The molecule has 1 saturated carbocycles. The van der Waals surface area contributed by atoms with Gasteiger partial charge in [-0.3, -0.25) is 15.1 Å². The molecule has 0 radical (unpaired) electrons. The predicted octanol–water partition coefficient (Wildman–Crippen LogP) is 2.46. The summed E-state index contributed by atoms with van der Waals surface area (Å²) >= 11 is 0. The number of piperidine rings is 1. The monoisotopic (exact) mass is 491 g/mol. The average Bonchev–Trinajstić information content (AvgIpc) is 2.92. The second-order valence-corrected chi connectivity index (χ2v) is 8.14. The Labute approximate surface area is 179 Å². The number of aliphatic imine (C=N–C) groups is 1. The first-order valence-corrected chi connectivity index (χ1v) is 10.1. The van der Waals surface area contributed by atoms with Gasteiger partial charge in [-0.15, -0.1) is 24.0 Å². The van der Waals surface area contributed by atoms with Crippen molar-refractivity contribution in [3.63, 3.8) is 0 Å². The van der Waals surface area contributed by atoms with Crippen LogP contribution in [0, 0.1) is 11.8 Å². The maximum atomic E-state index is 12.1. The molecule has 154 valence electrons. The number of nitrogens with zero attached hydrogens (tertiary/aromatic N) is 2. The van der Waals surface area contributed by atoms with E-state index in [4.69, 9.17) is 0 Å². The summed E-state index contributed by atoms with van der Waals surface area (Å²) in [6, 6.07) is -0.375. The molecule has 3 N–H and O–H groups in total. The number of guanidine groups is 1. The molecule has 1 aliphatic carbocycles. The van der Waals surface area contributed by atoms with Gasteiger partial charge in [-0.25, -0.2) is 4.79 Å². The Morgan fingerprint density at radius 2 is 1.85 bits per heavy atom. The van der Waals surface area contributed by atoms with Gasteiger partial charge in [0.25, 0.3) is 5.91 Å². The number of halogens is 1. The number of likely N-dealkylation sites (tertiary alicyclic amines) is 1. The maximum Gasteiger partial charge on any atom is 0.322 e. The molecule has 2 heterocycles. The summed E-state index contributed by atoms with van der Waals surface area (Å²) in [7, 11) is 1.83. The number of imide groups is 1. The lowest BCUT2D eigenvalue weighted by Crippen LogP contribution is -2.55. The standard InChI is InChI=1S/C19H33N5O2.HI/c1-19(16(25)22-18(26)23-19)15-9-12-24(13-10-15)17(20-2)21-11-8-14-6-4-3-5-7-14;/h14-15H,3-13H2,1-2H3,(H,20,21)(H2,22,23,25,26);1H. The summed E-state index contributed by atoms with van der Waals surface area (Å²) < 4.78 is 0. The van der Waals surface area contributed by atoms with Crippen LogP contribution < -0.4 is 16.0 Å². The van der Waals surface area contributed by atoms with Gasteiger partial charge in [0.1, 0.15) is 5.54 Å². The molecule has 0 aromatic rings. The molecule has 2 aliphatic heterocycles. The van der Waals surface area contributed by atoms with Crippen molar-refractivity contribution in [1.82, 2.24) is 20.9 Å². The lowest BCUT2D eigenvalue weighted by molar-refractivity contribution is -0.125. The van der Waals surface area contributed by atoms with E-state index in [0.717, 1.165) is 44.4 Å². The highest BCUT2D eigenvalue weighted by molar-refractivity contribution is 14.0. The number of amides is 3. The van der Waals surface area contributed by atoms with Gasteiger partial charge in [-0.2, -0.15) is 0 Å². The first kappa shape index (κ1) is 22.2. The number of carbonyl (C=O) groups is 2. The Kier molecular flexibility index (Phi) is 8.18. The smallest absolute Gasteiger partial charge is 0.322 e. The largest absolute Gasteiger partial charge is 0.356 e. The number of urea groups is 1. The molecular formula is C19H34IN5O2. The summed E-state index contributed by atoms with van der Waals surface area (Å²) in [5.41, 5.74) is -0.777. The molecule has 3 amide bonds. The average molecular weight is 491 g/mol. The second kappa shape index (κ2) is 9.93. The fourth-order valence-corrected chi connectivity index (χ4v) is 4.71. The third-order valence-electron chi connectivity index (χ3n) is 6.46. The molecule has 0 aromatic carbocycles. The molecule has 2 saturated heterocycles. The van der Waals surface area contributed by atoms with E-state index in [1.807, 2.05) is 14.0 Å². The van der Waals surface area contributed by atoms with E-state index in [2.05, 4.69) is 25.8 Å². The highest BCUT2D eigenvalue weighted by atomic mass is 127. The summed E-state index contributed by atoms with van der Waals surface area (Å²) in [6.07, 6.45) is 9.88. The van der Waals surface area contributed by atoms with E-state index in [1.54, 1.807) is 0 Å². The molecule has 8 heteroatoms. The van der Waals surface area contributed by atoms with Crippen LogP contribution in [-0.2, 0) is 4.79 Å². The van der Waals surface area contributed by atoms with Gasteiger partial charge in [0.2, 0.25) is 0 Å². The summed E-state index contributed by atoms with van der Waals surface area (Å²) in [4.78, 5) is 30.3. The van der Waals surface area contributed by atoms with Gasteiger partial charge >= 0.3 is 6.03 Å². The Morgan fingerprint density at radius 3 is 2.41 bits per heavy atom. The second-order valence-electron chi connectivity index (χ2n) is 8.14. The van der Waals surface area contributed by atoms with Crippen molar-refractivity contribution in [2.24, 2.45) is 16.8 Å². The molecule has 1 unspecified atom stereocenters. The van der Waals surface area contributed by atoms with E-state index >= 15 is 0 Å². The van der Waals surface area contributed by atoms with Crippen LogP contribution in [0.2, 0.25) is 0 Å². The number of carbonyl (C=O) groups excluding carboxylic acids is 2. The molecule has 27 heavy (non-hydrogen) atoms. The number of nitrogens with one attached hydrogen (secondary N) is 3. The fourth-order valence-electron chi connectivity index (χ4n) is 4.71. The number of hydrogen-bond donors (Lipinski definition) is 3. The SMILES string of the molecule is CN=C(NCCC1CCCCC1)N1CCC(C2(C)NC(=O)NC2=O)CC1.I. The van der Waals surface area contributed by atoms with Crippen LogP contribution in [0.25, 0.3) is 0 Å². The van der Waals surface area contributed by atoms with Crippen molar-refractivity contribution in [2.45, 2.75) is 63.8 Å². The number of hydrogen-bond acceptors (Lipinski definition) is 3. The fraction of sp³-hybridized carbons (Fsp3) is 0.842. The Balaban J connectivity index is 0.00000261. The van der Waals surface area contributed by atoms with E-state index in [1.165, 1.54) is 38.5 Å². The molecule has 0 bridgehead atoms. The van der Waals surface area contributed by atoms with Crippen LogP contribution >= 0.6 is 24.0 Å². The molecule has 3 rings (SSSR count). The minimum atomic E-state index is -0.777. The van der Waals surface area contributed by atoms with Gasteiger partial charge in [0.05, 0.1) is 0 Å². The zero-order chi connectivity index (χ0) is 18.6. The van der Waals surface area contributed by atoms with E-state index in [0.29, 0.717) is 0 Å². The molecule has 1 atom stereocenters. The van der Waals surface area contributed by atoms with Gasteiger partial charge in [-0.1, -0.05) is 32.1 Å². The van der Waals surface area contributed by atoms with Gasteiger partial charge in [0.15, 0.2) is 5.96 Å². The minimum Gasteiger partial charge on any atom is -0.356 e. The van der Waals surface area contributed by atoms with Crippen LogP contribution in [0.15, 0.2) is 4.99 Å². The van der Waals surface area contributed by atoms with E-state index < -0.39 is 5.54 Å². The van der Waals surface area contributed by atoms with Gasteiger partial charge in [0, 0.05) is 26.7 Å². The predicted molar refractivity (Wildman–Crippen MR) is 117 cm³/mol. The van der Waals surface area contributed by atoms with Gasteiger partial charge in [-0.05, 0) is 38.0 Å².